The SMILES string of the molecule is CC(=O)C(O)[C@](O)(C(C)=O)[C@](O)(C(C)=O)[C@@](O)(C(C)=O)C(=O)C(N)(C(C)=O)C(C)=O. The van der Waals surface area contributed by atoms with Crippen LogP contribution in [0.4, 0.5) is 0 Å². The molecule has 0 aliphatic rings. The summed E-state index contributed by atoms with van der Waals surface area (Å²) >= 11 is 0. The molecule has 168 valence electrons. The summed E-state index contributed by atoms with van der Waals surface area (Å²) in [6.45, 7) is 3.22. The van der Waals surface area contributed by atoms with Gasteiger partial charge in [-0.25, -0.2) is 0 Å². The third-order valence-electron chi connectivity index (χ3n) is 5.21. The van der Waals surface area contributed by atoms with Crippen molar-refractivity contribution >= 4 is 40.5 Å². The van der Waals surface area contributed by atoms with Gasteiger partial charge in [-0.3, -0.25) is 33.6 Å². The Balaban J connectivity index is 7.68. The van der Waals surface area contributed by atoms with Crippen molar-refractivity contribution in [3.8, 4) is 0 Å². The number of carbonyl (C=O) groups is 7. The van der Waals surface area contributed by atoms with Gasteiger partial charge in [0.15, 0.2) is 51.9 Å². The van der Waals surface area contributed by atoms with Crippen LogP contribution < -0.4 is 5.73 Å². The number of aliphatic hydroxyl groups is 4. The number of ketones is 7. The molecule has 0 aliphatic carbocycles. The molecular formula is C18H25NO11. The number of nitrogens with two attached hydrogens (primary N) is 1. The molecule has 0 aromatic heterocycles. The molecule has 0 spiro atoms. The molecule has 0 fully saturated rings. The fraction of sp³-hybridized carbons (Fsp3) is 0.611. The zero-order valence-electron chi connectivity index (χ0n) is 17.3. The van der Waals surface area contributed by atoms with Gasteiger partial charge in [0.25, 0.3) is 0 Å². The molecule has 12 nitrogen and oxygen atoms in total. The standard InChI is InChI=1S/C18H25NO11/c1-7(20)13(26)16(28,10(4)23)18(30,12(6)25)17(29,11(5)24)14(27)15(19,8(2)21)9(3)22/h13,26,28-30H,19H2,1-6H3/t13?,16-,17-,18-/m1/s1. The summed E-state index contributed by atoms with van der Waals surface area (Å²) in [5.41, 5.74) is -10.1. The van der Waals surface area contributed by atoms with Crippen molar-refractivity contribution in [3.05, 3.63) is 0 Å². The van der Waals surface area contributed by atoms with Crippen molar-refractivity contribution in [2.24, 2.45) is 5.73 Å². The predicted molar refractivity (Wildman–Crippen MR) is 96.9 cm³/mol. The number of Topliss-reactive ketones (excluding diaryl/α,β-unsaturated/α-hetero) is 7. The van der Waals surface area contributed by atoms with Crippen LogP contribution in [-0.2, 0) is 33.6 Å². The molecule has 30 heavy (non-hydrogen) atoms. The second-order valence-corrected chi connectivity index (χ2v) is 7.12. The average Bonchev–Trinajstić information content (AvgIpc) is 2.62. The Morgan fingerprint density at radius 2 is 1.03 bits per heavy atom. The number of hydrogen-bond donors (Lipinski definition) is 5. The van der Waals surface area contributed by atoms with Crippen LogP contribution in [0.1, 0.15) is 41.5 Å². The number of rotatable bonds is 11. The molecular weight excluding hydrogens is 406 g/mol. The minimum atomic E-state index is -4.23. The van der Waals surface area contributed by atoms with Crippen LogP contribution in [-0.4, -0.2) is 89.4 Å². The van der Waals surface area contributed by atoms with Gasteiger partial charge in [0.1, 0.15) is 0 Å². The van der Waals surface area contributed by atoms with Gasteiger partial charge in [-0.1, -0.05) is 0 Å². The maximum absolute atomic E-state index is 13.1. The maximum atomic E-state index is 13.1. The van der Waals surface area contributed by atoms with E-state index >= 15 is 0 Å². The van der Waals surface area contributed by atoms with E-state index in [4.69, 9.17) is 5.73 Å². The van der Waals surface area contributed by atoms with Gasteiger partial charge >= 0.3 is 0 Å². The molecule has 0 bridgehead atoms. The number of hydrogen-bond acceptors (Lipinski definition) is 12. The highest BCUT2D eigenvalue weighted by atomic mass is 16.4. The van der Waals surface area contributed by atoms with Crippen molar-refractivity contribution in [1.29, 1.82) is 0 Å². The zero-order valence-corrected chi connectivity index (χ0v) is 17.3. The largest absolute Gasteiger partial charge is 0.382 e. The van der Waals surface area contributed by atoms with E-state index in [9.17, 15) is 54.0 Å². The first-order chi connectivity index (χ1) is 13.2. The molecule has 12 heteroatoms. The molecule has 0 saturated heterocycles. The van der Waals surface area contributed by atoms with Gasteiger partial charge in [-0.05, 0) is 41.5 Å². The van der Waals surface area contributed by atoms with Crippen LogP contribution in [0.3, 0.4) is 0 Å². The maximum Gasteiger partial charge on any atom is 0.223 e. The summed E-state index contributed by atoms with van der Waals surface area (Å²) in [7, 11) is 0. The highest BCUT2D eigenvalue weighted by Crippen LogP contribution is 2.41. The molecule has 0 aromatic carbocycles. The van der Waals surface area contributed by atoms with Gasteiger partial charge in [-0.15, -0.1) is 0 Å². The van der Waals surface area contributed by atoms with E-state index < -0.39 is 68.9 Å². The number of carbonyl (C=O) groups excluding carboxylic acids is 7. The summed E-state index contributed by atoms with van der Waals surface area (Å²) in [5, 5.41) is 43.0. The molecule has 0 rings (SSSR count). The first-order valence-corrected chi connectivity index (χ1v) is 8.47. The molecule has 0 amide bonds. The molecule has 4 atom stereocenters. The monoisotopic (exact) mass is 431 g/mol. The Kier molecular flexibility index (Phi) is 7.62. The van der Waals surface area contributed by atoms with E-state index in [1.165, 1.54) is 0 Å². The summed E-state index contributed by atoms with van der Waals surface area (Å²) in [5.74, 6) is -11.8. The fourth-order valence-corrected chi connectivity index (χ4v) is 3.17. The topological polar surface area (TPSA) is 226 Å². The molecule has 0 aliphatic heterocycles. The minimum Gasteiger partial charge on any atom is -0.382 e. The molecule has 0 aromatic rings. The highest BCUT2D eigenvalue weighted by Gasteiger charge is 2.77. The van der Waals surface area contributed by atoms with Gasteiger partial charge in [0.05, 0.1) is 0 Å². The second-order valence-electron chi connectivity index (χ2n) is 7.12. The van der Waals surface area contributed by atoms with E-state index in [2.05, 4.69) is 0 Å². The Morgan fingerprint density at radius 3 is 1.23 bits per heavy atom. The van der Waals surface area contributed by atoms with Crippen LogP contribution in [0, 0.1) is 0 Å². The molecule has 0 saturated carbocycles. The lowest BCUT2D eigenvalue weighted by Crippen LogP contribution is -2.84. The van der Waals surface area contributed by atoms with Gasteiger partial charge in [-0.2, -0.15) is 0 Å². The smallest absolute Gasteiger partial charge is 0.223 e. The Hall–Kier alpha value is -2.51. The van der Waals surface area contributed by atoms with Gasteiger partial charge < -0.3 is 26.2 Å². The quantitative estimate of drug-likeness (QED) is 0.199. The van der Waals surface area contributed by atoms with Gasteiger partial charge in [0, 0.05) is 0 Å². The lowest BCUT2D eigenvalue weighted by atomic mass is 9.58. The van der Waals surface area contributed by atoms with Crippen molar-refractivity contribution in [3.63, 3.8) is 0 Å². The first kappa shape index (κ1) is 27.5. The second kappa shape index (κ2) is 8.32. The zero-order chi connectivity index (χ0) is 24.6. The lowest BCUT2D eigenvalue weighted by molar-refractivity contribution is -0.242. The normalized spacial score (nSPS) is 18.8. The third-order valence-corrected chi connectivity index (χ3v) is 5.21. The molecule has 1 unspecified atom stereocenters. The Labute approximate surface area is 171 Å². The predicted octanol–water partition coefficient (Wildman–Crippen LogP) is -3.66. The van der Waals surface area contributed by atoms with Crippen molar-refractivity contribution in [1.82, 2.24) is 0 Å². The molecule has 0 heterocycles. The first-order valence-electron chi connectivity index (χ1n) is 8.47. The summed E-state index contributed by atoms with van der Waals surface area (Å²) in [6.07, 6.45) is -2.91. The molecule has 6 N–H and O–H groups in total. The highest BCUT2D eigenvalue weighted by molar-refractivity contribution is 6.35. The van der Waals surface area contributed by atoms with Gasteiger partial charge in [0.2, 0.25) is 17.0 Å². The minimum absolute atomic E-state index is 0.418. The van der Waals surface area contributed by atoms with Crippen LogP contribution in [0.25, 0.3) is 0 Å². The van der Waals surface area contributed by atoms with Crippen LogP contribution >= 0.6 is 0 Å². The van der Waals surface area contributed by atoms with Crippen LogP contribution in [0.15, 0.2) is 0 Å². The van der Waals surface area contributed by atoms with E-state index in [0.717, 1.165) is 0 Å². The van der Waals surface area contributed by atoms with E-state index in [0.29, 0.717) is 41.5 Å². The van der Waals surface area contributed by atoms with Crippen molar-refractivity contribution in [2.45, 2.75) is 70.0 Å². The lowest BCUT2D eigenvalue weighted by Gasteiger charge is -2.50. The van der Waals surface area contributed by atoms with Crippen molar-refractivity contribution < 1.29 is 54.0 Å². The van der Waals surface area contributed by atoms with Crippen LogP contribution in [0.2, 0.25) is 0 Å². The summed E-state index contributed by atoms with van der Waals surface area (Å²) in [6, 6.07) is 0. The van der Waals surface area contributed by atoms with E-state index in [-0.39, 0.29) is 0 Å². The Bertz CT molecular complexity index is 833. The third kappa shape index (κ3) is 3.36. The summed E-state index contributed by atoms with van der Waals surface area (Å²) < 4.78 is 0. The molecule has 0 radical (unpaired) electrons. The number of aliphatic hydroxyl groups excluding tert-OH is 1. The van der Waals surface area contributed by atoms with E-state index in [1.807, 2.05) is 0 Å². The van der Waals surface area contributed by atoms with Crippen molar-refractivity contribution in [2.75, 3.05) is 0 Å². The van der Waals surface area contributed by atoms with Crippen LogP contribution in [0.5, 0.6) is 0 Å². The fourth-order valence-electron chi connectivity index (χ4n) is 3.17. The average molecular weight is 431 g/mol. The Morgan fingerprint density at radius 1 is 0.667 bits per heavy atom. The van der Waals surface area contributed by atoms with E-state index in [1.54, 1.807) is 0 Å². The summed E-state index contributed by atoms with van der Waals surface area (Å²) in [4.78, 5) is 85.6.